The third kappa shape index (κ3) is 4.54. The summed E-state index contributed by atoms with van der Waals surface area (Å²) in [7, 11) is 0. The van der Waals surface area contributed by atoms with E-state index in [2.05, 4.69) is 5.92 Å². The molecule has 0 saturated heterocycles. The maximum atomic E-state index is 13.1. The van der Waals surface area contributed by atoms with Gasteiger partial charge in [-0.25, -0.2) is 9.59 Å². The second kappa shape index (κ2) is 10.1. The first kappa shape index (κ1) is 23.2. The smallest absolute Gasteiger partial charge is 0.340 e. The van der Waals surface area contributed by atoms with Crippen LogP contribution in [0, 0.1) is 12.3 Å². The number of nitrogens with zero attached hydrogens (tertiary/aromatic N) is 1. The Bertz CT molecular complexity index is 935. The van der Waals surface area contributed by atoms with Crippen LogP contribution in [-0.2, 0) is 9.47 Å². The van der Waals surface area contributed by atoms with E-state index in [1.54, 1.807) is 19.9 Å². The molecule has 0 saturated carbocycles. The second-order valence-electron chi connectivity index (χ2n) is 7.45. The zero-order valence-electron chi connectivity index (χ0n) is 18.5. The minimum absolute atomic E-state index is 0.0742. The maximum absolute atomic E-state index is 13.1. The number of hydrogen-bond donors (Lipinski definition) is 0. The molecule has 30 heavy (non-hydrogen) atoms. The highest BCUT2D eigenvalue weighted by atomic mass is 16.5. The molecule has 5 nitrogen and oxygen atoms in total. The number of rotatable bonds is 7. The van der Waals surface area contributed by atoms with Gasteiger partial charge in [-0.1, -0.05) is 51.8 Å². The van der Waals surface area contributed by atoms with E-state index >= 15 is 0 Å². The molecule has 0 N–H and O–H groups in total. The number of ether oxygens (including phenoxy) is 2. The molecule has 158 valence electrons. The Labute approximate surface area is 178 Å². The summed E-state index contributed by atoms with van der Waals surface area (Å²) in [6, 6.07) is 7.24. The topological polar surface area (TPSA) is 65.5 Å². The SMILES string of the molecule is C#Cc1ccccc1-c1c(C(=O)OCC)c(C(C)C)nc(C(C)C)c1C(=O)OCC. The molecule has 0 aliphatic carbocycles. The molecule has 0 aliphatic heterocycles. The first-order chi connectivity index (χ1) is 14.3. The van der Waals surface area contributed by atoms with Crippen molar-refractivity contribution in [3.63, 3.8) is 0 Å². The molecule has 0 spiro atoms. The van der Waals surface area contributed by atoms with Crippen LogP contribution in [0.2, 0.25) is 0 Å². The monoisotopic (exact) mass is 407 g/mol. The standard InChI is InChI=1S/C25H29NO4/c1-8-17-13-11-12-14-18(17)19-20(24(27)29-9-2)22(15(4)5)26-23(16(6)7)21(19)25(28)30-10-3/h1,11-16H,9-10H2,2-7H3. The Morgan fingerprint density at radius 1 is 0.933 bits per heavy atom. The highest BCUT2D eigenvalue weighted by Gasteiger charge is 2.32. The third-order valence-electron chi connectivity index (χ3n) is 4.66. The molecule has 1 heterocycles. The van der Waals surface area contributed by atoms with Crippen LogP contribution in [0.5, 0.6) is 0 Å². The zero-order valence-corrected chi connectivity index (χ0v) is 18.5. The van der Waals surface area contributed by atoms with E-state index in [0.717, 1.165) is 0 Å². The average molecular weight is 408 g/mol. The zero-order chi connectivity index (χ0) is 22.4. The Morgan fingerprint density at radius 3 is 1.80 bits per heavy atom. The van der Waals surface area contributed by atoms with Crippen LogP contribution in [0.15, 0.2) is 24.3 Å². The number of pyridine rings is 1. The largest absolute Gasteiger partial charge is 0.462 e. The molecular weight excluding hydrogens is 378 g/mol. The predicted molar refractivity (Wildman–Crippen MR) is 118 cm³/mol. The molecule has 2 aromatic rings. The van der Waals surface area contributed by atoms with Crippen LogP contribution < -0.4 is 0 Å². The van der Waals surface area contributed by atoms with Gasteiger partial charge in [0.15, 0.2) is 0 Å². The molecule has 0 bridgehead atoms. The van der Waals surface area contributed by atoms with Gasteiger partial charge in [0.05, 0.1) is 35.7 Å². The predicted octanol–water partition coefficient (Wildman–Crippen LogP) is 5.33. The summed E-state index contributed by atoms with van der Waals surface area (Å²) in [4.78, 5) is 31.0. The van der Waals surface area contributed by atoms with Crippen LogP contribution in [0.1, 0.15) is 91.0 Å². The van der Waals surface area contributed by atoms with Gasteiger partial charge >= 0.3 is 11.9 Å². The molecule has 0 radical (unpaired) electrons. The van der Waals surface area contributed by atoms with E-state index in [1.807, 2.05) is 45.9 Å². The van der Waals surface area contributed by atoms with Crippen molar-refractivity contribution in [2.45, 2.75) is 53.4 Å². The number of carbonyl (C=O) groups excluding carboxylic acids is 2. The first-order valence-corrected chi connectivity index (χ1v) is 10.3. The Hall–Kier alpha value is -3.13. The summed E-state index contributed by atoms with van der Waals surface area (Å²) in [6.07, 6.45) is 5.76. The van der Waals surface area contributed by atoms with Gasteiger partial charge in [-0.3, -0.25) is 4.98 Å². The number of esters is 2. The van der Waals surface area contributed by atoms with Crippen LogP contribution >= 0.6 is 0 Å². The number of carbonyl (C=O) groups is 2. The van der Waals surface area contributed by atoms with Crippen LogP contribution in [-0.4, -0.2) is 30.1 Å². The highest BCUT2D eigenvalue weighted by molar-refractivity contribution is 6.08. The van der Waals surface area contributed by atoms with Gasteiger partial charge in [-0.05, 0) is 37.3 Å². The maximum Gasteiger partial charge on any atom is 0.340 e. The molecule has 0 atom stereocenters. The summed E-state index contributed by atoms with van der Waals surface area (Å²) in [5, 5.41) is 0. The van der Waals surface area contributed by atoms with Crippen molar-refractivity contribution in [2.75, 3.05) is 13.2 Å². The van der Waals surface area contributed by atoms with Gasteiger partial charge in [0.2, 0.25) is 0 Å². The fraction of sp³-hybridized carbons (Fsp3) is 0.400. The van der Waals surface area contributed by atoms with E-state index in [-0.39, 0.29) is 36.2 Å². The van der Waals surface area contributed by atoms with Gasteiger partial charge in [0.1, 0.15) is 0 Å². The van der Waals surface area contributed by atoms with Crippen LogP contribution in [0.3, 0.4) is 0 Å². The number of hydrogen-bond acceptors (Lipinski definition) is 5. The highest BCUT2D eigenvalue weighted by Crippen LogP contribution is 2.38. The molecule has 0 unspecified atom stereocenters. The molecule has 5 heteroatoms. The van der Waals surface area contributed by atoms with Crippen molar-refractivity contribution < 1.29 is 19.1 Å². The van der Waals surface area contributed by atoms with E-state index in [0.29, 0.717) is 28.1 Å². The van der Waals surface area contributed by atoms with E-state index < -0.39 is 11.9 Å². The Balaban J connectivity index is 3.13. The first-order valence-electron chi connectivity index (χ1n) is 10.3. The lowest BCUT2D eigenvalue weighted by atomic mass is 9.85. The van der Waals surface area contributed by atoms with Crippen molar-refractivity contribution in [1.29, 1.82) is 0 Å². The number of aromatic nitrogens is 1. The summed E-state index contributed by atoms with van der Waals surface area (Å²) >= 11 is 0. The summed E-state index contributed by atoms with van der Waals surface area (Å²) in [6.45, 7) is 11.7. The van der Waals surface area contributed by atoms with Gasteiger partial charge < -0.3 is 9.47 Å². The van der Waals surface area contributed by atoms with Crippen LogP contribution in [0.25, 0.3) is 11.1 Å². The minimum Gasteiger partial charge on any atom is -0.462 e. The van der Waals surface area contributed by atoms with Crippen molar-refractivity contribution in [2.24, 2.45) is 0 Å². The van der Waals surface area contributed by atoms with E-state index in [1.165, 1.54) is 0 Å². The minimum atomic E-state index is -0.531. The van der Waals surface area contributed by atoms with Gasteiger partial charge in [0, 0.05) is 11.1 Å². The van der Waals surface area contributed by atoms with Crippen molar-refractivity contribution in [3.8, 4) is 23.5 Å². The molecule has 0 amide bonds. The van der Waals surface area contributed by atoms with Crippen molar-refractivity contribution >= 4 is 11.9 Å². The van der Waals surface area contributed by atoms with Gasteiger partial charge in [0.25, 0.3) is 0 Å². The summed E-state index contributed by atoms with van der Waals surface area (Å²) < 4.78 is 10.7. The van der Waals surface area contributed by atoms with E-state index in [9.17, 15) is 9.59 Å². The van der Waals surface area contributed by atoms with Crippen molar-refractivity contribution in [1.82, 2.24) is 4.98 Å². The molecule has 2 rings (SSSR count). The summed E-state index contributed by atoms with van der Waals surface area (Å²) in [5.41, 5.74) is 3.30. The number of terminal acetylenes is 1. The molecule has 1 aromatic heterocycles. The van der Waals surface area contributed by atoms with Crippen molar-refractivity contribution in [3.05, 3.63) is 52.3 Å². The normalized spacial score (nSPS) is 10.8. The van der Waals surface area contributed by atoms with Gasteiger partial charge in [-0.2, -0.15) is 0 Å². The van der Waals surface area contributed by atoms with E-state index in [4.69, 9.17) is 20.9 Å². The molecular formula is C25H29NO4. The lowest BCUT2D eigenvalue weighted by Gasteiger charge is -2.23. The Kier molecular flexibility index (Phi) is 7.77. The molecule has 0 fully saturated rings. The summed E-state index contributed by atoms with van der Waals surface area (Å²) in [5.74, 6) is 1.45. The fourth-order valence-corrected chi connectivity index (χ4v) is 3.37. The fourth-order valence-electron chi connectivity index (χ4n) is 3.37. The Morgan fingerprint density at radius 2 is 1.40 bits per heavy atom. The van der Waals surface area contributed by atoms with Gasteiger partial charge in [-0.15, -0.1) is 6.42 Å². The lowest BCUT2D eigenvalue weighted by Crippen LogP contribution is -2.21. The molecule has 0 aliphatic rings. The van der Waals surface area contributed by atoms with Crippen LogP contribution in [0.4, 0.5) is 0 Å². The second-order valence-corrected chi connectivity index (χ2v) is 7.45. The lowest BCUT2D eigenvalue weighted by molar-refractivity contribution is 0.0523. The average Bonchev–Trinajstić information content (AvgIpc) is 2.72. The number of benzene rings is 1. The quantitative estimate of drug-likeness (QED) is 0.458. The molecule has 1 aromatic carbocycles. The third-order valence-corrected chi connectivity index (χ3v) is 4.66.